The van der Waals surface area contributed by atoms with Crippen molar-refractivity contribution in [3.63, 3.8) is 0 Å². The molecule has 0 aromatic heterocycles. The first-order valence-electron chi connectivity index (χ1n) is 6.83. The van der Waals surface area contributed by atoms with Gasteiger partial charge in [0.2, 0.25) is 5.91 Å². The van der Waals surface area contributed by atoms with Crippen LogP contribution in [-0.2, 0) is 22.7 Å². The van der Waals surface area contributed by atoms with Gasteiger partial charge < -0.3 is 0 Å². The lowest BCUT2D eigenvalue weighted by atomic mass is 10.1. The predicted molar refractivity (Wildman–Crippen MR) is 78.8 cm³/mol. The number of hydrogen-bond acceptors (Lipinski definition) is 2. The van der Waals surface area contributed by atoms with Crippen LogP contribution in [-0.4, -0.2) is 5.91 Å². The van der Waals surface area contributed by atoms with Gasteiger partial charge in [-0.15, -0.1) is 0 Å². The molecule has 104 valence electrons. The third-order valence-electron chi connectivity index (χ3n) is 2.98. The Balaban J connectivity index is 1.59. The summed E-state index contributed by atoms with van der Waals surface area (Å²) in [6, 6.07) is 19.9. The molecule has 0 radical (unpaired) electrons. The first-order chi connectivity index (χ1) is 9.84. The highest BCUT2D eigenvalue weighted by atomic mass is 16.6. The lowest BCUT2D eigenvalue weighted by Gasteiger charge is -2.06. The third kappa shape index (κ3) is 5.24. The number of carbonyl (C=O) groups is 1. The van der Waals surface area contributed by atoms with E-state index in [0.717, 1.165) is 18.4 Å². The van der Waals surface area contributed by atoms with Crippen LogP contribution in [0.3, 0.4) is 0 Å². The average molecular weight is 269 g/mol. The average Bonchev–Trinajstić information content (AvgIpc) is 2.49. The first-order valence-corrected chi connectivity index (χ1v) is 6.83. The van der Waals surface area contributed by atoms with Crippen LogP contribution in [0.2, 0.25) is 0 Å². The minimum absolute atomic E-state index is 0.0723. The fourth-order valence-corrected chi connectivity index (χ4v) is 1.92. The van der Waals surface area contributed by atoms with E-state index >= 15 is 0 Å². The fraction of sp³-hybridized carbons (Fsp3) is 0.235. The van der Waals surface area contributed by atoms with Gasteiger partial charge in [0, 0.05) is 6.42 Å². The lowest BCUT2D eigenvalue weighted by molar-refractivity contribution is -0.134. The summed E-state index contributed by atoms with van der Waals surface area (Å²) in [4.78, 5) is 16.8. The third-order valence-corrected chi connectivity index (χ3v) is 2.98. The van der Waals surface area contributed by atoms with E-state index < -0.39 is 0 Å². The zero-order chi connectivity index (χ0) is 14.0. The SMILES string of the molecule is O=C(CCCc1ccccc1)NOCc1ccccc1. The first kappa shape index (κ1) is 14.3. The number of carbonyl (C=O) groups excluding carboxylic acids is 1. The second-order valence-corrected chi connectivity index (χ2v) is 4.64. The molecule has 0 heterocycles. The zero-order valence-electron chi connectivity index (χ0n) is 11.4. The van der Waals surface area contributed by atoms with Crippen LogP contribution >= 0.6 is 0 Å². The standard InChI is InChI=1S/C17H19NO2/c19-17(13-7-12-15-8-3-1-4-9-15)18-20-14-16-10-5-2-6-11-16/h1-6,8-11H,7,12-14H2,(H,18,19). The number of nitrogens with one attached hydrogen (secondary N) is 1. The van der Waals surface area contributed by atoms with Gasteiger partial charge in [0.05, 0.1) is 6.61 Å². The van der Waals surface area contributed by atoms with Crippen LogP contribution in [0.4, 0.5) is 0 Å². The molecular weight excluding hydrogens is 250 g/mol. The maximum Gasteiger partial charge on any atom is 0.243 e. The molecular formula is C17H19NO2. The summed E-state index contributed by atoms with van der Waals surface area (Å²) in [5, 5.41) is 0. The van der Waals surface area contributed by atoms with Crippen LogP contribution < -0.4 is 5.48 Å². The number of hydrogen-bond donors (Lipinski definition) is 1. The highest BCUT2D eigenvalue weighted by Gasteiger charge is 2.01. The minimum Gasteiger partial charge on any atom is -0.273 e. The molecule has 0 aliphatic carbocycles. The molecule has 20 heavy (non-hydrogen) atoms. The monoisotopic (exact) mass is 269 g/mol. The second-order valence-electron chi connectivity index (χ2n) is 4.64. The summed E-state index contributed by atoms with van der Waals surface area (Å²) < 4.78 is 0. The van der Waals surface area contributed by atoms with Crippen LogP contribution in [0.25, 0.3) is 0 Å². The van der Waals surface area contributed by atoms with E-state index in [9.17, 15) is 4.79 Å². The van der Waals surface area contributed by atoms with Crippen LogP contribution in [0.1, 0.15) is 24.0 Å². The fourth-order valence-electron chi connectivity index (χ4n) is 1.92. The minimum atomic E-state index is -0.0723. The molecule has 0 spiro atoms. The van der Waals surface area contributed by atoms with Crippen molar-refractivity contribution in [2.75, 3.05) is 0 Å². The van der Waals surface area contributed by atoms with E-state index in [4.69, 9.17) is 4.84 Å². The Hall–Kier alpha value is -2.13. The van der Waals surface area contributed by atoms with E-state index in [1.54, 1.807) is 0 Å². The molecule has 0 bridgehead atoms. The molecule has 1 amide bonds. The van der Waals surface area contributed by atoms with Gasteiger partial charge in [-0.3, -0.25) is 9.63 Å². The number of amides is 1. The van der Waals surface area contributed by atoms with Crippen molar-refractivity contribution in [2.45, 2.75) is 25.9 Å². The van der Waals surface area contributed by atoms with Gasteiger partial charge in [0.1, 0.15) is 0 Å². The van der Waals surface area contributed by atoms with Crippen LogP contribution in [0.15, 0.2) is 60.7 Å². The smallest absolute Gasteiger partial charge is 0.243 e. The van der Waals surface area contributed by atoms with E-state index in [1.807, 2.05) is 48.5 Å². The molecule has 2 rings (SSSR count). The normalized spacial score (nSPS) is 10.2. The second kappa shape index (κ2) is 8.12. The van der Waals surface area contributed by atoms with E-state index in [2.05, 4.69) is 17.6 Å². The molecule has 0 unspecified atom stereocenters. The molecule has 0 aliphatic heterocycles. The summed E-state index contributed by atoms with van der Waals surface area (Å²) in [5.74, 6) is -0.0723. The largest absolute Gasteiger partial charge is 0.273 e. The van der Waals surface area contributed by atoms with E-state index in [-0.39, 0.29) is 5.91 Å². The summed E-state index contributed by atoms with van der Waals surface area (Å²) in [6.07, 6.45) is 2.21. The van der Waals surface area contributed by atoms with Gasteiger partial charge >= 0.3 is 0 Å². The Morgan fingerprint density at radius 3 is 2.15 bits per heavy atom. The Morgan fingerprint density at radius 2 is 1.50 bits per heavy atom. The molecule has 0 atom stereocenters. The lowest BCUT2D eigenvalue weighted by Crippen LogP contribution is -2.23. The van der Waals surface area contributed by atoms with Gasteiger partial charge in [-0.25, -0.2) is 5.48 Å². The number of hydroxylamine groups is 1. The quantitative estimate of drug-likeness (QED) is 0.783. The van der Waals surface area contributed by atoms with Crippen molar-refractivity contribution < 1.29 is 9.63 Å². The Bertz CT molecular complexity index is 464. The van der Waals surface area contributed by atoms with E-state index in [1.165, 1.54) is 5.56 Å². The number of benzene rings is 2. The van der Waals surface area contributed by atoms with Crippen molar-refractivity contribution in [1.82, 2.24) is 5.48 Å². The topological polar surface area (TPSA) is 38.3 Å². The molecule has 0 aliphatic rings. The van der Waals surface area contributed by atoms with Gasteiger partial charge in [0.15, 0.2) is 0 Å². The molecule has 0 saturated heterocycles. The molecule has 1 N–H and O–H groups in total. The molecule has 2 aromatic carbocycles. The zero-order valence-corrected chi connectivity index (χ0v) is 11.4. The predicted octanol–water partition coefficient (Wildman–Crippen LogP) is 3.26. The number of rotatable bonds is 7. The summed E-state index contributed by atoms with van der Waals surface area (Å²) in [6.45, 7) is 0.394. The molecule has 3 nitrogen and oxygen atoms in total. The maximum atomic E-state index is 11.6. The summed E-state index contributed by atoms with van der Waals surface area (Å²) in [5.41, 5.74) is 4.77. The van der Waals surface area contributed by atoms with Crippen molar-refractivity contribution in [3.05, 3.63) is 71.8 Å². The van der Waals surface area contributed by atoms with Crippen molar-refractivity contribution in [2.24, 2.45) is 0 Å². The Labute approximate surface area is 119 Å². The van der Waals surface area contributed by atoms with E-state index in [0.29, 0.717) is 13.0 Å². The van der Waals surface area contributed by atoms with Crippen molar-refractivity contribution >= 4 is 5.91 Å². The molecule has 2 aromatic rings. The highest BCUT2D eigenvalue weighted by molar-refractivity contribution is 5.74. The van der Waals surface area contributed by atoms with Crippen LogP contribution in [0, 0.1) is 0 Å². The highest BCUT2D eigenvalue weighted by Crippen LogP contribution is 2.04. The summed E-state index contributed by atoms with van der Waals surface area (Å²) in [7, 11) is 0. The number of aryl methyl sites for hydroxylation is 1. The van der Waals surface area contributed by atoms with Gasteiger partial charge in [-0.05, 0) is 24.0 Å². The molecule has 3 heteroatoms. The molecule has 0 saturated carbocycles. The Kier molecular flexibility index (Phi) is 5.80. The Morgan fingerprint density at radius 1 is 0.900 bits per heavy atom. The van der Waals surface area contributed by atoms with Gasteiger partial charge in [-0.1, -0.05) is 60.7 Å². The van der Waals surface area contributed by atoms with Crippen molar-refractivity contribution in [1.29, 1.82) is 0 Å². The van der Waals surface area contributed by atoms with Gasteiger partial charge in [0.25, 0.3) is 0 Å². The summed E-state index contributed by atoms with van der Waals surface area (Å²) >= 11 is 0. The molecule has 0 fully saturated rings. The van der Waals surface area contributed by atoms with Gasteiger partial charge in [-0.2, -0.15) is 0 Å². The maximum absolute atomic E-state index is 11.6. The van der Waals surface area contributed by atoms with Crippen molar-refractivity contribution in [3.8, 4) is 0 Å². The van der Waals surface area contributed by atoms with Crippen LogP contribution in [0.5, 0.6) is 0 Å².